The van der Waals surface area contributed by atoms with Crippen molar-refractivity contribution in [1.29, 1.82) is 0 Å². The molecule has 100 valence electrons. The summed E-state index contributed by atoms with van der Waals surface area (Å²) in [7, 11) is 0. The molecule has 0 radical (unpaired) electrons. The third-order valence-corrected chi connectivity index (χ3v) is 3.29. The average molecular weight is 252 g/mol. The van der Waals surface area contributed by atoms with Gasteiger partial charge in [-0.1, -0.05) is 24.5 Å². The van der Waals surface area contributed by atoms with Crippen molar-refractivity contribution in [1.82, 2.24) is 15.0 Å². The molecule has 2 rings (SSSR count). The molecule has 1 aliphatic rings. The number of aromatic nitrogens is 3. The zero-order valence-electron chi connectivity index (χ0n) is 10.5. The van der Waals surface area contributed by atoms with Crippen LogP contribution in [0.2, 0.25) is 0 Å². The lowest BCUT2D eigenvalue weighted by molar-refractivity contribution is -0.146. The minimum atomic E-state index is -0.256. The lowest BCUT2D eigenvalue weighted by Crippen LogP contribution is -2.20. The van der Waals surface area contributed by atoms with E-state index < -0.39 is 0 Å². The zero-order chi connectivity index (χ0) is 12.8. The molecule has 1 aromatic heterocycles. The Hall–Kier alpha value is -1.43. The lowest BCUT2D eigenvalue weighted by Gasteiger charge is -2.20. The van der Waals surface area contributed by atoms with Gasteiger partial charge in [0.1, 0.15) is 6.54 Å². The molecule has 6 heteroatoms. The SMILES string of the molecule is NCc1cn(CC(=O)OCC2CCCCC2)nn1. The van der Waals surface area contributed by atoms with Gasteiger partial charge in [-0.3, -0.25) is 4.79 Å². The second kappa shape index (κ2) is 6.49. The maximum atomic E-state index is 11.6. The second-order valence-electron chi connectivity index (χ2n) is 4.80. The Morgan fingerprint density at radius 1 is 1.44 bits per heavy atom. The number of rotatable bonds is 5. The van der Waals surface area contributed by atoms with Crippen molar-refractivity contribution in [2.75, 3.05) is 6.61 Å². The highest BCUT2D eigenvalue weighted by atomic mass is 16.5. The molecule has 0 aromatic carbocycles. The molecule has 1 aromatic rings. The minimum Gasteiger partial charge on any atom is -0.464 e. The molecular formula is C12H20N4O2. The number of nitrogens with two attached hydrogens (primary N) is 1. The van der Waals surface area contributed by atoms with Crippen molar-refractivity contribution < 1.29 is 9.53 Å². The van der Waals surface area contributed by atoms with Gasteiger partial charge in [0.05, 0.1) is 18.5 Å². The van der Waals surface area contributed by atoms with Crippen LogP contribution in [0.5, 0.6) is 0 Å². The van der Waals surface area contributed by atoms with Crippen LogP contribution in [0, 0.1) is 5.92 Å². The Kier molecular flexibility index (Phi) is 4.69. The van der Waals surface area contributed by atoms with Crippen LogP contribution in [0.1, 0.15) is 37.8 Å². The van der Waals surface area contributed by atoms with Crippen LogP contribution in [0.4, 0.5) is 0 Å². The average Bonchev–Trinajstić information content (AvgIpc) is 2.85. The molecule has 0 bridgehead atoms. The summed E-state index contributed by atoms with van der Waals surface area (Å²) in [5.41, 5.74) is 6.09. The van der Waals surface area contributed by atoms with E-state index in [0.717, 1.165) is 0 Å². The molecule has 0 unspecified atom stereocenters. The van der Waals surface area contributed by atoms with E-state index in [-0.39, 0.29) is 12.5 Å². The maximum Gasteiger partial charge on any atom is 0.327 e. The van der Waals surface area contributed by atoms with Gasteiger partial charge in [-0.2, -0.15) is 0 Å². The molecule has 0 amide bonds. The number of hydrogen-bond acceptors (Lipinski definition) is 5. The third kappa shape index (κ3) is 3.80. The van der Waals surface area contributed by atoms with Gasteiger partial charge >= 0.3 is 5.97 Å². The van der Waals surface area contributed by atoms with Crippen LogP contribution in [0.25, 0.3) is 0 Å². The fraction of sp³-hybridized carbons (Fsp3) is 0.750. The molecule has 2 N–H and O–H groups in total. The van der Waals surface area contributed by atoms with E-state index in [1.54, 1.807) is 6.20 Å². The third-order valence-electron chi connectivity index (χ3n) is 3.29. The number of hydrogen-bond donors (Lipinski definition) is 1. The Labute approximate surface area is 106 Å². The summed E-state index contributed by atoms with van der Waals surface area (Å²) >= 11 is 0. The lowest BCUT2D eigenvalue weighted by atomic mass is 9.90. The summed E-state index contributed by atoms with van der Waals surface area (Å²) in [6.45, 7) is 0.980. The van der Waals surface area contributed by atoms with E-state index in [1.807, 2.05) is 0 Å². The maximum absolute atomic E-state index is 11.6. The second-order valence-corrected chi connectivity index (χ2v) is 4.80. The van der Waals surface area contributed by atoms with Crippen LogP contribution in [-0.4, -0.2) is 27.6 Å². The number of carbonyl (C=O) groups is 1. The van der Waals surface area contributed by atoms with Gasteiger partial charge in [0.15, 0.2) is 0 Å². The van der Waals surface area contributed by atoms with Crippen molar-refractivity contribution in [2.24, 2.45) is 11.7 Å². The first kappa shape index (κ1) is 13.0. The topological polar surface area (TPSA) is 83.0 Å². The van der Waals surface area contributed by atoms with Crippen molar-refractivity contribution in [2.45, 2.75) is 45.2 Å². The van der Waals surface area contributed by atoms with Crippen molar-refractivity contribution in [3.8, 4) is 0 Å². The molecule has 18 heavy (non-hydrogen) atoms. The van der Waals surface area contributed by atoms with E-state index >= 15 is 0 Å². The van der Waals surface area contributed by atoms with Crippen LogP contribution in [0.15, 0.2) is 6.20 Å². The van der Waals surface area contributed by atoms with Crippen molar-refractivity contribution >= 4 is 5.97 Å². The summed E-state index contributed by atoms with van der Waals surface area (Å²) in [5.74, 6) is 0.284. The van der Waals surface area contributed by atoms with Crippen LogP contribution in [-0.2, 0) is 22.6 Å². The molecule has 6 nitrogen and oxygen atoms in total. The summed E-state index contributed by atoms with van der Waals surface area (Å²) in [4.78, 5) is 11.6. The molecule has 1 heterocycles. The molecule has 0 atom stereocenters. The van der Waals surface area contributed by atoms with E-state index in [9.17, 15) is 4.79 Å². The number of esters is 1. The largest absolute Gasteiger partial charge is 0.464 e. The summed E-state index contributed by atoms with van der Waals surface area (Å²) in [5, 5.41) is 7.63. The first-order valence-corrected chi connectivity index (χ1v) is 6.52. The monoisotopic (exact) mass is 252 g/mol. The molecule has 0 aliphatic heterocycles. The molecule has 1 aliphatic carbocycles. The van der Waals surface area contributed by atoms with Gasteiger partial charge in [-0.05, 0) is 18.8 Å². The Morgan fingerprint density at radius 2 is 2.22 bits per heavy atom. The highest BCUT2D eigenvalue weighted by Gasteiger charge is 2.15. The Balaban J connectivity index is 1.71. The fourth-order valence-electron chi connectivity index (χ4n) is 2.25. The smallest absolute Gasteiger partial charge is 0.327 e. The van der Waals surface area contributed by atoms with Gasteiger partial charge in [0.25, 0.3) is 0 Å². The van der Waals surface area contributed by atoms with Gasteiger partial charge in [0.2, 0.25) is 0 Å². The van der Waals surface area contributed by atoms with Gasteiger partial charge < -0.3 is 10.5 Å². The number of carbonyl (C=O) groups excluding carboxylic acids is 1. The number of ether oxygens (including phenoxy) is 1. The fourth-order valence-corrected chi connectivity index (χ4v) is 2.25. The summed E-state index contributed by atoms with van der Waals surface area (Å²) in [6.07, 6.45) is 7.84. The Morgan fingerprint density at radius 3 is 2.89 bits per heavy atom. The molecule has 1 saturated carbocycles. The van der Waals surface area contributed by atoms with E-state index in [1.165, 1.54) is 36.8 Å². The molecular weight excluding hydrogens is 232 g/mol. The summed E-state index contributed by atoms with van der Waals surface area (Å²) < 4.78 is 6.73. The first-order valence-electron chi connectivity index (χ1n) is 6.52. The minimum absolute atomic E-state index is 0.111. The summed E-state index contributed by atoms with van der Waals surface area (Å²) in [6, 6.07) is 0. The Bertz CT molecular complexity index is 385. The van der Waals surface area contributed by atoms with Crippen LogP contribution >= 0.6 is 0 Å². The van der Waals surface area contributed by atoms with Crippen molar-refractivity contribution in [3.05, 3.63) is 11.9 Å². The zero-order valence-corrected chi connectivity index (χ0v) is 10.5. The highest BCUT2D eigenvalue weighted by molar-refractivity contribution is 5.68. The standard InChI is InChI=1S/C12H20N4O2/c13-6-11-7-16(15-14-11)8-12(17)18-9-10-4-2-1-3-5-10/h7,10H,1-6,8-9,13H2. The van der Waals surface area contributed by atoms with E-state index in [4.69, 9.17) is 10.5 Å². The number of nitrogens with zero attached hydrogens (tertiary/aromatic N) is 3. The van der Waals surface area contributed by atoms with Crippen LogP contribution < -0.4 is 5.73 Å². The van der Waals surface area contributed by atoms with E-state index in [2.05, 4.69) is 10.3 Å². The molecule has 1 fully saturated rings. The normalized spacial score (nSPS) is 16.7. The van der Waals surface area contributed by atoms with Gasteiger partial charge in [-0.15, -0.1) is 5.10 Å². The van der Waals surface area contributed by atoms with Gasteiger partial charge in [0, 0.05) is 6.54 Å². The predicted octanol–water partition coefficient (Wildman–Crippen LogP) is 0.860. The molecule has 0 spiro atoms. The molecule has 0 saturated heterocycles. The van der Waals surface area contributed by atoms with Crippen LogP contribution in [0.3, 0.4) is 0 Å². The highest BCUT2D eigenvalue weighted by Crippen LogP contribution is 2.23. The van der Waals surface area contributed by atoms with E-state index in [0.29, 0.717) is 24.8 Å². The van der Waals surface area contributed by atoms with Gasteiger partial charge in [-0.25, -0.2) is 4.68 Å². The quantitative estimate of drug-likeness (QED) is 0.786. The predicted molar refractivity (Wildman–Crippen MR) is 65.4 cm³/mol. The first-order chi connectivity index (χ1) is 8.78. The van der Waals surface area contributed by atoms with Crippen molar-refractivity contribution in [3.63, 3.8) is 0 Å².